The van der Waals surface area contributed by atoms with Crippen LogP contribution in [0.5, 0.6) is 11.8 Å². The Balaban J connectivity index is 2.05. The van der Waals surface area contributed by atoms with Crippen molar-refractivity contribution in [3.63, 3.8) is 0 Å². The summed E-state index contributed by atoms with van der Waals surface area (Å²) in [5, 5.41) is 7.94. The van der Waals surface area contributed by atoms with Crippen LogP contribution in [-0.4, -0.2) is 55.1 Å². The topological polar surface area (TPSA) is 114 Å². The number of methoxy groups -OCH3 is 2. The van der Waals surface area contributed by atoms with Crippen molar-refractivity contribution in [1.29, 1.82) is 0 Å². The minimum Gasteiger partial charge on any atom is -0.481 e. The molecule has 3 N–H and O–H groups in total. The van der Waals surface area contributed by atoms with Crippen LogP contribution in [-0.2, 0) is 9.59 Å². The molecule has 0 spiro atoms. The predicted octanol–water partition coefficient (Wildman–Crippen LogP) is -1.48. The number of anilines is 1. The third kappa shape index (κ3) is 3.32. The third-order valence-corrected chi connectivity index (χ3v) is 2.66. The largest absolute Gasteiger partial charge is 0.481 e. The van der Waals surface area contributed by atoms with Gasteiger partial charge in [-0.1, -0.05) is 0 Å². The fraction of sp³-hybridized carbons (Fsp3) is 0.455. The van der Waals surface area contributed by atoms with E-state index in [-0.39, 0.29) is 42.6 Å². The molecule has 1 aliphatic heterocycles. The molecule has 0 bridgehead atoms. The second kappa shape index (κ2) is 6.15. The van der Waals surface area contributed by atoms with E-state index in [4.69, 9.17) is 9.47 Å². The highest BCUT2D eigenvalue weighted by molar-refractivity contribution is 5.95. The maximum Gasteiger partial charge on any atom is 0.245 e. The summed E-state index contributed by atoms with van der Waals surface area (Å²) in [7, 11) is 2.90. The van der Waals surface area contributed by atoms with Crippen LogP contribution in [0.15, 0.2) is 6.07 Å². The van der Waals surface area contributed by atoms with Gasteiger partial charge in [-0.05, 0) is 0 Å². The molecular weight excluding hydrogens is 266 g/mol. The molecule has 1 aliphatic rings. The minimum absolute atomic E-state index is 0.0740. The Labute approximate surface area is 115 Å². The van der Waals surface area contributed by atoms with Gasteiger partial charge in [-0.2, -0.15) is 9.97 Å². The monoisotopic (exact) mass is 281 g/mol. The van der Waals surface area contributed by atoms with E-state index in [9.17, 15) is 9.59 Å². The van der Waals surface area contributed by atoms with Gasteiger partial charge >= 0.3 is 0 Å². The number of amides is 2. The van der Waals surface area contributed by atoms with E-state index < -0.39 is 6.04 Å². The number of carbonyl (C=O) groups is 2. The first-order valence-corrected chi connectivity index (χ1v) is 5.90. The lowest BCUT2D eigenvalue weighted by Crippen LogP contribution is -2.56. The Morgan fingerprint density at radius 2 is 2.00 bits per heavy atom. The zero-order valence-electron chi connectivity index (χ0n) is 11.1. The van der Waals surface area contributed by atoms with Gasteiger partial charge in [-0.15, -0.1) is 0 Å². The van der Waals surface area contributed by atoms with Gasteiger partial charge in [0.1, 0.15) is 6.04 Å². The molecule has 9 heteroatoms. The number of carbonyl (C=O) groups excluding carboxylic acids is 2. The summed E-state index contributed by atoms with van der Waals surface area (Å²) < 4.78 is 9.97. The predicted molar refractivity (Wildman–Crippen MR) is 68.6 cm³/mol. The SMILES string of the molecule is COc1cc(OC)nc(NC(=O)C2CNC(=O)CN2)n1. The zero-order chi connectivity index (χ0) is 14.5. The van der Waals surface area contributed by atoms with E-state index in [1.54, 1.807) is 0 Å². The van der Waals surface area contributed by atoms with Crippen molar-refractivity contribution in [3.05, 3.63) is 6.07 Å². The lowest BCUT2D eigenvalue weighted by molar-refractivity contribution is -0.124. The highest BCUT2D eigenvalue weighted by Gasteiger charge is 2.24. The van der Waals surface area contributed by atoms with Crippen LogP contribution in [0, 0.1) is 0 Å². The molecule has 1 atom stereocenters. The van der Waals surface area contributed by atoms with E-state index in [0.29, 0.717) is 0 Å². The maximum absolute atomic E-state index is 12.0. The molecule has 2 amide bonds. The highest BCUT2D eigenvalue weighted by atomic mass is 16.5. The minimum atomic E-state index is -0.534. The molecule has 0 aromatic carbocycles. The first-order valence-electron chi connectivity index (χ1n) is 5.90. The molecule has 108 valence electrons. The quantitative estimate of drug-likeness (QED) is 0.616. The molecule has 9 nitrogen and oxygen atoms in total. The summed E-state index contributed by atoms with van der Waals surface area (Å²) in [6.45, 7) is 0.312. The zero-order valence-corrected chi connectivity index (χ0v) is 11.1. The Morgan fingerprint density at radius 1 is 1.35 bits per heavy atom. The summed E-state index contributed by atoms with van der Waals surface area (Å²) in [6, 6.07) is 0.961. The Hall–Kier alpha value is -2.42. The van der Waals surface area contributed by atoms with E-state index in [2.05, 4.69) is 25.9 Å². The second-order valence-corrected chi connectivity index (χ2v) is 4.00. The van der Waals surface area contributed by atoms with Crippen LogP contribution < -0.4 is 25.4 Å². The number of hydrogen-bond donors (Lipinski definition) is 3. The second-order valence-electron chi connectivity index (χ2n) is 4.00. The fourth-order valence-corrected chi connectivity index (χ4v) is 1.62. The average molecular weight is 281 g/mol. The summed E-state index contributed by atoms with van der Waals surface area (Å²) in [6.07, 6.45) is 0. The van der Waals surface area contributed by atoms with Crippen LogP contribution in [0.2, 0.25) is 0 Å². The van der Waals surface area contributed by atoms with Gasteiger partial charge < -0.3 is 14.8 Å². The molecule has 1 fully saturated rings. The van der Waals surface area contributed by atoms with Crippen LogP contribution in [0.1, 0.15) is 0 Å². The molecule has 0 radical (unpaired) electrons. The first kappa shape index (κ1) is 14.0. The molecule has 1 saturated heterocycles. The van der Waals surface area contributed by atoms with Gasteiger partial charge in [-0.25, -0.2) is 0 Å². The molecule has 2 heterocycles. The number of aromatic nitrogens is 2. The van der Waals surface area contributed by atoms with Gasteiger partial charge in [0.05, 0.1) is 26.8 Å². The molecule has 1 aromatic heterocycles. The standard InChI is InChI=1S/C11H15N5O4/c1-19-8-3-9(20-2)15-11(14-8)16-10(18)6-4-13-7(17)5-12-6/h3,6,12H,4-5H2,1-2H3,(H,13,17)(H,14,15,16,18). The number of nitrogens with one attached hydrogen (secondary N) is 3. The van der Waals surface area contributed by atoms with Crippen molar-refractivity contribution in [1.82, 2.24) is 20.6 Å². The number of piperazine rings is 1. The normalized spacial score (nSPS) is 18.1. The molecule has 2 rings (SSSR count). The van der Waals surface area contributed by atoms with E-state index >= 15 is 0 Å². The van der Waals surface area contributed by atoms with Gasteiger partial charge in [0.15, 0.2) is 0 Å². The average Bonchev–Trinajstić information content (AvgIpc) is 2.47. The van der Waals surface area contributed by atoms with Crippen molar-refractivity contribution in [2.24, 2.45) is 0 Å². The number of rotatable bonds is 4. The first-order chi connectivity index (χ1) is 9.62. The Morgan fingerprint density at radius 3 is 2.50 bits per heavy atom. The van der Waals surface area contributed by atoms with E-state index in [1.165, 1.54) is 20.3 Å². The lowest BCUT2D eigenvalue weighted by Gasteiger charge is -2.22. The smallest absolute Gasteiger partial charge is 0.245 e. The molecule has 20 heavy (non-hydrogen) atoms. The molecule has 1 unspecified atom stereocenters. The summed E-state index contributed by atoms with van der Waals surface area (Å²) in [5.74, 6) is 0.132. The van der Waals surface area contributed by atoms with Crippen LogP contribution >= 0.6 is 0 Å². The van der Waals surface area contributed by atoms with Gasteiger partial charge in [-0.3, -0.25) is 20.2 Å². The number of ether oxygens (including phenoxy) is 2. The molecule has 0 aliphatic carbocycles. The molecule has 0 saturated carbocycles. The van der Waals surface area contributed by atoms with Crippen LogP contribution in [0.3, 0.4) is 0 Å². The third-order valence-electron chi connectivity index (χ3n) is 2.66. The summed E-state index contributed by atoms with van der Waals surface area (Å²) in [4.78, 5) is 31.0. The van der Waals surface area contributed by atoms with Crippen molar-refractivity contribution in [3.8, 4) is 11.8 Å². The van der Waals surface area contributed by atoms with Crippen molar-refractivity contribution >= 4 is 17.8 Å². The van der Waals surface area contributed by atoms with E-state index in [1.807, 2.05) is 0 Å². The number of hydrogen-bond acceptors (Lipinski definition) is 7. The summed E-state index contributed by atoms with van der Waals surface area (Å²) >= 11 is 0. The van der Waals surface area contributed by atoms with Crippen molar-refractivity contribution in [2.75, 3.05) is 32.6 Å². The van der Waals surface area contributed by atoms with Crippen molar-refractivity contribution < 1.29 is 19.1 Å². The number of nitrogens with zero attached hydrogens (tertiary/aromatic N) is 2. The fourth-order valence-electron chi connectivity index (χ4n) is 1.62. The van der Waals surface area contributed by atoms with Gasteiger partial charge in [0, 0.05) is 6.54 Å². The molecule has 1 aromatic rings. The lowest BCUT2D eigenvalue weighted by atomic mass is 10.2. The van der Waals surface area contributed by atoms with Crippen LogP contribution in [0.25, 0.3) is 0 Å². The van der Waals surface area contributed by atoms with Crippen LogP contribution in [0.4, 0.5) is 5.95 Å². The van der Waals surface area contributed by atoms with Crippen molar-refractivity contribution in [2.45, 2.75) is 6.04 Å². The highest BCUT2D eigenvalue weighted by Crippen LogP contribution is 2.17. The van der Waals surface area contributed by atoms with Gasteiger partial charge in [0.2, 0.25) is 29.5 Å². The molecular formula is C11H15N5O4. The Kier molecular flexibility index (Phi) is 4.31. The van der Waals surface area contributed by atoms with Gasteiger partial charge in [0.25, 0.3) is 0 Å². The maximum atomic E-state index is 12.0. The summed E-state index contributed by atoms with van der Waals surface area (Å²) in [5.41, 5.74) is 0. The Bertz CT molecular complexity index is 489. The van der Waals surface area contributed by atoms with E-state index in [0.717, 1.165) is 0 Å².